The third-order valence-corrected chi connectivity index (χ3v) is 3.64. The lowest BCUT2D eigenvalue weighted by Crippen LogP contribution is -1.98. The minimum atomic E-state index is -0.713. The minimum absolute atomic E-state index is 0.0200. The number of benzene rings is 1. The summed E-state index contributed by atoms with van der Waals surface area (Å²) in [6.07, 6.45) is 0. The number of carbonyl (C=O) groups excluding carboxylic acids is 1. The molecule has 0 saturated carbocycles. The van der Waals surface area contributed by atoms with Crippen LogP contribution in [0.15, 0.2) is 18.2 Å². The van der Waals surface area contributed by atoms with E-state index in [1.165, 1.54) is 25.3 Å². The highest BCUT2D eigenvalue weighted by Crippen LogP contribution is 2.34. The van der Waals surface area contributed by atoms with Crippen LogP contribution in [0.5, 0.6) is 10.9 Å². The molecular weight excluding hydrogens is 316 g/mol. The van der Waals surface area contributed by atoms with Gasteiger partial charge < -0.3 is 9.47 Å². The van der Waals surface area contributed by atoms with Gasteiger partial charge in [-0.05, 0) is 12.1 Å². The molecule has 0 unspecified atom stereocenters. The van der Waals surface area contributed by atoms with Crippen LogP contribution in [0.1, 0.15) is 9.67 Å². The van der Waals surface area contributed by atoms with Crippen molar-refractivity contribution in [3.05, 3.63) is 39.1 Å². The van der Waals surface area contributed by atoms with Gasteiger partial charge in [-0.3, -0.25) is 0 Å². The molecule has 4 nitrogen and oxygen atoms in total. The summed E-state index contributed by atoms with van der Waals surface area (Å²) in [6.45, 7) is 0. The van der Waals surface area contributed by atoms with E-state index in [0.29, 0.717) is 0 Å². The molecule has 0 radical (unpaired) electrons. The van der Waals surface area contributed by atoms with Gasteiger partial charge in [0.15, 0.2) is 21.6 Å². The molecule has 1 aromatic carbocycles. The van der Waals surface area contributed by atoms with Crippen molar-refractivity contribution in [2.24, 2.45) is 0 Å². The van der Waals surface area contributed by atoms with Crippen LogP contribution in [0.2, 0.25) is 10.2 Å². The maximum Gasteiger partial charge on any atom is 0.351 e. The van der Waals surface area contributed by atoms with Crippen LogP contribution in [0.25, 0.3) is 0 Å². The van der Waals surface area contributed by atoms with Crippen LogP contribution in [0, 0.1) is 5.82 Å². The third kappa shape index (κ3) is 2.97. The number of rotatable bonds is 3. The first-order valence-corrected chi connectivity index (χ1v) is 6.46. The van der Waals surface area contributed by atoms with E-state index in [1.54, 1.807) is 0 Å². The molecule has 0 N–H and O–H groups in total. The zero-order chi connectivity index (χ0) is 14.0. The van der Waals surface area contributed by atoms with Crippen molar-refractivity contribution < 1.29 is 18.7 Å². The normalized spacial score (nSPS) is 10.3. The van der Waals surface area contributed by atoms with Crippen molar-refractivity contribution in [3.63, 3.8) is 0 Å². The molecule has 0 saturated heterocycles. The molecule has 0 spiro atoms. The number of methoxy groups -OCH3 is 1. The maximum atomic E-state index is 13.6. The van der Waals surface area contributed by atoms with E-state index in [1.807, 2.05) is 0 Å². The molecule has 0 atom stereocenters. The number of thiazole rings is 1. The van der Waals surface area contributed by atoms with Gasteiger partial charge in [0.1, 0.15) is 0 Å². The molecule has 2 aromatic rings. The van der Waals surface area contributed by atoms with Crippen LogP contribution in [-0.2, 0) is 4.74 Å². The summed E-state index contributed by atoms with van der Waals surface area (Å²) in [5, 5.41) is -0.116. The van der Waals surface area contributed by atoms with Crippen molar-refractivity contribution >= 4 is 40.5 Å². The molecule has 0 aliphatic carbocycles. The summed E-state index contributed by atoms with van der Waals surface area (Å²) in [5.74, 6) is -1.45. The first kappa shape index (κ1) is 14.0. The maximum absolute atomic E-state index is 13.6. The molecule has 1 heterocycles. The molecule has 1 aromatic heterocycles. The number of carbonyl (C=O) groups is 1. The first-order chi connectivity index (χ1) is 9.02. The van der Waals surface area contributed by atoms with E-state index < -0.39 is 11.8 Å². The van der Waals surface area contributed by atoms with Gasteiger partial charge in [0.05, 0.1) is 12.1 Å². The van der Waals surface area contributed by atoms with Gasteiger partial charge in [0.25, 0.3) is 5.19 Å². The quantitative estimate of drug-likeness (QED) is 0.796. The first-order valence-electron chi connectivity index (χ1n) is 4.89. The second-order valence-electron chi connectivity index (χ2n) is 3.25. The highest BCUT2D eigenvalue weighted by Gasteiger charge is 2.19. The Hall–Kier alpha value is -1.37. The summed E-state index contributed by atoms with van der Waals surface area (Å²) in [4.78, 5) is 15.2. The van der Waals surface area contributed by atoms with Gasteiger partial charge in [-0.1, -0.05) is 40.6 Å². The molecule has 0 amide bonds. The second-order valence-corrected chi connectivity index (χ2v) is 4.97. The minimum Gasteiger partial charge on any atom is -0.465 e. The lowest BCUT2D eigenvalue weighted by atomic mass is 10.3. The second kappa shape index (κ2) is 5.73. The fourth-order valence-electron chi connectivity index (χ4n) is 1.20. The van der Waals surface area contributed by atoms with Crippen LogP contribution in [0.4, 0.5) is 4.39 Å². The number of hydrogen-bond acceptors (Lipinski definition) is 5. The van der Waals surface area contributed by atoms with Crippen molar-refractivity contribution in [1.29, 1.82) is 0 Å². The third-order valence-electron chi connectivity index (χ3n) is 2.05. The average Bonchev–Trinajstić information content (AvgIpc) is 2.75. The molecule has 19 heavy (non-hydrogen) atoms. The molecule has 0 fully saturated rings. The lowest BCUT2D eigenvalue weighted by molar-refractivity contribution is 0.0606. The summed E-state index contributed by atoms with van der Waals surface area (Å²) in [7, 11) is 1.22. The number of ether oxygens (including phenoxy) is 2. The van der Waals surface area contributed by atoms with Gasteiger partial charge >= 0.3 is 5.97 Å². The number of nitrogens with zero attached hydrogens (tertiary/aromatic N) is 1. The number of aromatic nitrogens is 1. The SMILES string of the molecule is COC(=O)c1sc(Oc2cccc(Cl)c2F)nc1Cl. The number of esters is 1. The van der Waals surface area contributed by atoms with E-state index in [4.69, 9.17) is 27.9 Å². The molecule has 100 valence electrons. The Morgan fingerprint density at radius 1 is 1.42 bits per heavy atom. The fraction of sp³-hybridized carbons (Fsp3) is 0.0909. The van der Waals surface area contributed by atoms with Crippen LogP contribution >= 0.6 is 34.5 Å². The summed E-state index contributed by atoms with van der Waals surface area (Å²) < 4.78 is 23.3. The molecule has 0 bridgehead atoms. The predicted molar refractivity (Wildman–Crippen MR) is 69.9 cm³/mol. The van der Waals surface area contributed by atoms with Gasteiger partial charge in [0, 0.05) is 0 Å². The number of hydrogen-bond donors (Lipinski definition) is 0. The molecular formula is C11H6Cl2FNO3S. The van der Waals surface area contributed by atoms with Gasteiger partial charge in [0.2, 0.25) is 0 Å². The molecule has 8 heteroatoms. The Bertz CT molecular complexity index is 632. The van der Waals surface area contributed by atoms with E-state index in [9.17, 15) is 9.18 Å². The van der Waals surface area contributed by atoms with E-state index in [0.717, 1.165) is 11.3 Å². The van der Waals surface area contributed by atoms with Gasteiger partial charge in [-0.2, -0.15) is 4.98 Å². The van der Waals surface area contributed by atoms with E-state index in [2.05, 4.69) is 9.72 Å². The van der Waals surface area contributed by atoms with Crippen molar-refractivity contribution in [2.45, 2.75) is 0 Å². The highest BCUT2D eigenvalue weighted by molar-refractivity contribution is 7.15. The molecule has 2 rings (SSSR count). The van der Waals surface area contributed by atoms with E-state index >= 15 is 0 Å². The highest BCUT2D eigenvalue weighted by atomic mass is 35.5. The Labute approximate surface area is 121 Å². The monoisotopic (exact) mass is 321 g/mol. The lowest BCUT2D eigenvalue weighted by Gasteiger charge is -2.03. The van der Waals surface area contributed by atoms with Gasteiger partial charge in [-0.25, -0.2) is 9.18 Å². The smallest absolute Gasteiger partial charge is 0.351 e. The Morgan fingerprint density at radius 3 is 2.84 bits per heavy atom. The van der Waals surface area contributed by atoms with Crippen molar-refractivity contribution in [1.82, 2.24) is 4.98 Å². The summed E-state index contributed by atoms with van der Waals surface area (Å²) >= 11 is 12.2. The van der Waals surface area contributed by atoms with E-state index in [-0.39, 0.29) is 26.0 Å². The van der Waals surface area contributed by atoms with Crippen molar-refractivity contribution in [2.75, 3.05) is 7.11 Å². The zero-order valence-electron chi connectivity index (χ0n) is 9.45. The predicted octanol–water partition coefficient (Wildman–Crippen LogP) is 4.17. The average molecular weight is 322 g/mol. The summed E-state index contributed by atoms with van der Waals surface area (Å²) in [6, 6.07) is 4.30. The number of halogens is 3. The van der Waals surface area contributed by atoms with Crippen LogP contribution in [-0.4, -0.2) is 18.1 Å². The standard InChI is InChI=1S/C11H6Cl2FNO3S/c1-17-10(16)8-9(13)15-11(19-8)18-6-4-2-3-5(12)7(6)14/h2-4H,1H3. The zero-order valence-corrected chi connectivity index (χ0v) is 11.8. The van der Waals surface area contributed by atoms with Crippen LogP contribution in [0.3, 0.4) is 0 Å². The molecule has 0 aliphatic heterocycles. The molecule has 0 aliphatic rings. The fourth-order valence-corrected chi connectivity index (χ4v) is 2.43. The Morgan fingerprint density at radius 2 is 2.16 bits per heavy atom. The summed E-state index contributed by atoms with van der Waals surface area (Å²) in [5.41, 5.74) is 0. The van der Waals surface area contributed by atoms with Crippen LogP contribution < -0.4 is 4.74 Å². The Balaban J connectivity index is 2.29. The topological polar surface area (TPSA) is 48.4 Å². The Kier molecular flexibility index (Phi) is 4.24. The van der Waals surface area contributed by atoms with Gasteiger partial charge in [-0.15, -0.1) is 0 Å². The largest absolute Gasteiger partial charge is 0.465 e. The van der Waals surface area contributed by atoms with Crippen molar-refractivity contribution in [3.8, 4) is 10.9 Å².